The molecule has 1 unspecified atom stereocenters. The van der Waals surface area contributed by atoms with Crippen molar-refractivity contribution in [3.05, 3.63) is 66.3 Å². The van der Waals surface area contributed by atoms with E-state index in [1.54, 1.807) is 0 Å². The van der Waals surface area contributed by atoms with Gasteiger partial charge in [-0.25, -0.2) is 0 Å². The van der Waals surface area contributed by atoms with E-state index >= 15 is 0 Å². The lowest BCUT2D eigenvalue weighted by atomic mass is 9.72. The van der Waals surface area contributed by atoms with E-state index in [-0.39, 0.29) is 5.41 Å². The van der Waals surface area contributed by atoms with Crippen molar-refractivity contribution in [2.75, 3.05) is 0 Å². The lowest BCUT2D eigenvalue weighted by Gasteiger charge is -2.32. The van der Waals surface area contributed by atoms with Crippen LogP contribution in [0.2, 0.25) is 0 Å². The predicted molar refractivity (Wildman–Crippen MR) is 89.7 cm³/mol. The number of allylic oxidation sites excluding steroid dienone is 5. The number of hydrogen-bond donors (Lipinski definition) is 0. The van der Waals surface area contributed by atoms with Crippen molar-refractivity contribution in [3.63, 3.8) is 0 Å². The van der Waals surface area contributed by atoms with Gasteiger partial charge in [-0.1, -0.05) is 68.3 Å². The highest BCUT2D eigenvalue weighted by molar-refractivity contribution is 5.75. The summed E-state index contributed by atoms with van der Waals surface area (Å²) in [6.07, 6.45) is 11.7. The number of hydrogen-bond acceptors (Lipinski definition) is 0. The normalized spacial score (nSPS) is 20.6. The van der Waals surface area contributed by atoms with Crippen LogP contribution in [-0.4, -0.2) is 0 Å². The molecule has 2 heteroatoms. The van der Waals surface area contributed by atoms with Gasteiger partial charge in [-0.15, -0.1) is 0 Å². The van der Waals surface area contributed by atoms with E-state index in [4.69, 9.17) is 0 Å². The zero-order chi connectivity index (χ0) is 15.8. The van der Waals surface area contributed by atoms with Gasteiger partial charge in [0.1, 0.15) is 0 Å². The highest BCUT2D eigenvalue weighted by Crippen LogP contribution is 2.41. The molecule has 0 bridgehead atoms. The van der Waals surface area contributed by atoms with Gasteiger partial charge in [0, 0.05) is 0 Å². The van der Waals surface area contributed by atoms with Gasteiger partial charge in [-0.2, -0.15) is 8.78 Å². The summed E-state index contributed by atoms with van der Waals surface area (Å²) in [6.45, 7) is 2.17. The smallest absolute Gasteiger partial charge is 0.174 e. The molecule has 22 heavy (non-hydrogen) atoms. The number of halogens is 2. The van der Waals surface area contributed by atoms with Gasteiger partial charge in [0.05, 0.1) is 0 Å². The lowest BCUT2D eigenvalue weighted by Crippen LogP contribution is -2.19. The van der Waals surface area contributed by atoms with Gasteiger partial charge in [0.15, 0.2) is 0 Å². The third-order valence-electron chi connectivity index (χ3n) is 4.42. The molecular formula is C20H24F2. The molecule has 0 radical (unpaired) electrons. The molecule has 0 aromatic heterocycles. The zero-order valence-corrected chi connectivity index (χ0v) is 13.2. The average Bonchev–Trinajstić information content (AvgIpc) is 2.54. The zero-order valence-electron chi connectivity index (χ0n) is 13.2. The second-order valence-electron chi connectivity index (χ2n) is 6.06. The highest BCUT2D eigenvalue weighted by atomic mass is 19.3. The van der Waals surface area contributed by atoms with Crippen LogP contribution in [0.4, 0.5) is 8.78 Å². The summed E-state index contributed by atoms with van der Waals surface area (Å²) in [5.41, 5.74) is 2.50. The van der Waals surface area contributed by atoms with Crippen molar-refractivity contribution < 1.29 is 8.78 Å². The molecule has 118 valence electrons. The first-order valence-electron chi connectivity index (χ1n) is 8.11. The quantitative estimate of drug-likeness (QED) is 0.521. The van der Waals surface area contributed by atoms with Gasteiger partial charge >= 0.3 is 0 Å². The topological polar surface area (TPSA) is 0 Å². The van der Waals surface area contributed by atoms with Crippen molar-refractivity contribution in [2.45, 2.75) is 45.4 Å². The third-order valence-corrected chi connectivity index (χ3v) is 4.42. The minimum atomic E-state index is -1.56. The Balaban J connectivity index is 2.08. The lowest BCUT2D eigenvalue weighted by molar-refractivity contribution is 0.313. The highest BCUT2D eigenvalue weighted by Gasteiger charge is 2.27. The number of rotatable bonds is 7. The molecule has 2 rings (SSSR count). The maximum Gasteiger partial charge on any atom is 0.266 e. The Morgan fingerprint density at radius 3 is 2.55 bits per heavy atom. The summed E-state index contributed by atoms with van der Waals surface area (Å²) in [6, 6.07) is 10.3. The standard InChI is InChI=1S/C20H24F2/c1-2-3-13-20(14-7-10-19(21)22)15-11-18(12-16-20)17-8-5-4-6-9-17/h4-6,8-12,15H,2-3,7,13-14,16H2,1H3. The Hall–Kier alpha value is -1.70. The van der Waals surface area contributed by atoms with Crippen LogP contribution in [0.3, 0.4) is 0 Å². The summed E-state index contributed by atoms with van der Waals surface area (Å²) in [5.74, 6) is 0. The summed E-state index contributed by atoms with van der Waals surface area (Å²) in [7, 11) is 0. The first-order chi connectivity index (χ1) is 10.7. The van der Waals surface area contributed by atoms with Crippen LogP contribution in [-0.2, 0) is 0 Å². The monoisotopic (exact) mass is 302 g/mol. The third kappa shape index (κ3) is 4.66. The minimum absolute atomic E-state index is 0.0419. The molecule has 1 aromatic carbocycles. The molecule has 0 heterocycles. The molecule has 1 atom stereocenters. The summed E-state index contributed by atoms with van der Waals surface area (Å²) in [4.78, 5) is 0. The fraction of sp³-hybridized carbons (Fsp3) is 0.400. The Morgan fingerprint density at radius 1 is 1.18 bits per heavy atom. The second kappa shape index (κ2) is 8.07. The molecule has 0 spiro atoms. The van der Waals surface area contributed by atoms with Gasteiger partial charge < -0.3 is 0 Å². The Morgan fingerprint density at radius 2 is 1.95 bits per heavy atom. The Kier molecular flexibility index (Phi) is 6.11. The molecule has 1 aromatic rings. The van der Waals surface area contributed by atoms with Crippen molar-refractivity contribution in [2.24, 2.45) is 5.41 Å². The van der Waals surface area contributed by atoms with E-state index in [2.05, 4.69) is 37.3 Å². The summed E-state index contributed by atoms with van der Waals surface area (Å²) in [5, 5.41) is 0. The summed E-state index contributed by atoms with van der Waals surface area (Å²) < 4.78 is 24.6. The van der Waals surface area contributed by atoms with Crippen molar-refractivity contribution in [1.82, 2.24) is 0 Å². The predicted octanol–water partition coefficient (Wildman–Crippen LogP) is 6.77. The van der Waals surface area contributed by atoms with Gasteiger partial charge in [-0.05, 0) is 48.3 Å². The number of benzene rings is 1. The Labute approximate surface area is 132 Å². The van der Waals surface area contributed by atoms with Crippen LogP contribution >= 0.6 is 0 Å². The fourth-order valence-corrected chi connectivity index (χ4v) is 3.05. The van der Waals surface area contributed by atoms with Crippen LogP contribution in [0.25, 0.3) is 5.57 Å². The molecule has 1 aliphatic carbocycles. The van der Waals surface area contributed by atoms with Crippen LogP contribution in [0.1, 0.15) is 51.0 Å². The maximum atomic E-state index is 12.3. The van der Waals surface area contributed by atoms with Gasteiger partial charge in [-0.3, -0.25) is 0 Å². The van der Waals surface area contributed by atoms with E-state index in [9.17, 15) is 8.78 Å². The molecule has 0 fully saturated rings. The molecular weight excluding hydrogens is 278 g/mol. The summed E-state index contributed by atoms with van der Waals surface area (Å²) >= 11 is 0. The van der Waals surface area contributed by atoms with Gasteiger partial charge in [0.2, 0.25) is 0 Å². The maximum absolute atomic E-state index is 12.3. The van der Waals surface area contributed by atoms with Gasteiger partial charge in [0.25, 0.3) is 6.08 Å². The molecule has 0 saturated carbocycles. The van der Waals surface area contributed by atoms with E-state index in [1.807, 2.05) is 18.2 Å². The largest absolute Gasteiger partial charge is 0.266 e. The van der Waals surface area contributed by atoms with Crippen LogP contribution in [0.5, 0.6) is 0 Å². The van der Waals surface area contributed by atoms with Crippen molar-refractivity contribution in [3.8, 4) is 0 Å². The minimum Gasteiger partial charge on any atom is -0.174 e. The van der Waals surface area contributed by atoms with Crippen LogP contribution in [0.15, 0.2) is 60.7 Å². The first kappa shape index (κ1) is 16.7. The molecule has 0 amide bonds. The first-order valence-corrected chi connectivity index (χ1v) is 8.11. The molecule has 0 nitrogen and oxygen atoms in total. The average molecular weight is 302 g/mol. The second-order valence-corrected chi connectivity index (χ2v) is 6.06. The molecule has 0 N–H and O–H groups in total. The van der Waals surface area contributed by atoms with E-state index < -0.39 is 6.08 Å². The molecule has 0 saturated heterocycles. The van der Waals surface area contributed by atoms with Crippen molar-refractivity contribution >= 4 is 5.57 Å². The number of unbranched alkanes of at least 4 members (excludes halogenated alkanes) is 1. The van der Waals surface area contributed by atoms with Crippen LogP contribution < -0.4 is 0 Å². The van der Waals surface area contributed by atoms with E-state index in [1.165, 1.54) is 11.1 Å². The van der Waals surface area contributed by atoms with Crippen molar-refractivity contribution in [1.29, 1.82) is 0 Å². The Bertz CT molecular complexity index is 550. The molecule has 1 aliphatic rings. The van der Waals surface area contributed by atoms with E-state index in [0.29, 0.717) is 6.42 Å². The molecule has 0 aliphatic heterocycles. The fourth-order valence-electron chi connectivity index (χ4n) is 3.05. The van der Waals surface area contributed by atoms with Crippen LogP contribution in [0, 0.1) is 5.41 Å². The van der Waals surface area contributed by atoms with E-state index in [0.717, 1.165) is 38.2 Å². The SMILES string of the molecule is CCCCC1(CCC=C(F)F)C=CC(c2ccccc2)=CC1.